The van der Waals surface area contributed by atoms with Gasteiger partial charge < -0.3 is 19.6 Å². The molecule has 0 spiro atoms. The Labute approximate surface area is 121 Å². The number of rotatable bonds is 3. The maximum atomic E-state index is 11.4. The summed E-state index contributed by atoms with van der Waals surface area (Å²) >= 11 is 0. The van der Waals surface area contributed by atoms with Gasteiger partial charge in [0.25, 0.3) is 0 Å². The predicted molar refractivity (Wildman–Crippen MR) is 80.7 cm³/mol. The summed E-state index contributed by atoms with van der Waals surface area (Å²) in [6.07, 6.45) is 0.760. The highest BCUT2D eigenvalue weighted by atomic mass is 16.5. The molecule has 0 bridgehead atoms. The first-order valence-corrected chi connectivity index (χ1v) is 6.46. The maximum Gasteiger partial charge on any atom is 0.185 e. The van der Waals surface area contributed by atoms with Crippen LogP contribution in [-0.2, 0) is 0 Å². The quantitative estimate of drug-likeness (QED) is 0.725. The van der Waals surface area contributed by atoms with E-state index >= 15 is 0 Å². The first-order chi connectivity index (χ1) is 10.1. The molecule has 2 aromatic carbocycles. The van der Waals surface area contributed by atoms with Gasteiger partial charge in [-0.05, 0) is 30.7 Å². The number of aldehydes is 1. The van der Waals surface area contributed by atoms with E-state index in [2.05, 4.69) is 4.98 Å². The molecule has 0 amide bonds. The molecule has 0 aliphatic carbocycles. The molecule has 2 N–H and O–H groups in total. The van der Waals surface area contributed by atoms with Crippen molar-refractivity contribution in [3.63, 3.8) is 0 Å². The monoisotopic (exact) mass is 285 g/mol. The van der Waals surface area contributed by atoms with Crippen LogP contribution in [0.3, 0.4) is 0 Å². The number of aromatic nitrogens is 1. The SMILES string of the molecule is COc1ccc2c([nH]c3c(OC)c(O)c(C)cc32)c1C=O. The minimum Gasteiger partial charge on any atom is -0.504 e. The fourth-order valence-electron chi connectivity index (χ4n) is 2.69. The number of ether oxygens (including phenoxy) is 2. The highest BCUT2D eigenvalue weighted by Crippen LogP contribution is 2.41. The largest absolute Gasteiger partial charge is 0.504 e. The van der Waals surface area contributed by atoms with Crippen molar-refractivity contribution in [1.82, 2.24) is 4.98 Å². The Bertz CT molecular complexity index is 864. The second-order valence-electron chi connectivity index (χ2n) is 4.84. The van der Waals surface area contributed by atoms with Crippen LogP contribution in [0.25, 0.3) is 21.8 Å². The summed E-state index contributed by atoms with van der Waals surface area (Å²) in [6, 6.07) is 5.51. The molecule has 108 valence electrons. The van der Waals surface area contributed by atoms with E-state index < -0.39 is 0 Å². The van der Waals surface area contributed by atoms with Crippen LogP contribution in [0.1, 0.15) is 15.9 Å². The Balaban J connectivity index is 2.53. The topological polar surface area (TPSA) is 71.6 Å². The van der Waals surface area contributed by atoms with Gasteiger partial charge >= 0.3 is 0 Å². The smallest absolute Gasteiger partial charge is 0.185 e. The van der Waals surface area contributed by atoms with Gasteiger partial charge in [-0.25, -0.2) is 0 Å². The molecule has 0 atom stereocenters. The second-order valence-corrected chi connectivity index (χ2v) is 4.84. The molecule has 0 radical (unpaired) electrons. The molecule has 0 aliphatic heterocycles. The molecule has 0 saturated carbocycles. The summed E-state index contributed by atoms with van der Waals surface area (Å²) in [5.41, 5.74) is 2.49. The Morgan fingerprint density at radius 3 is 2.52 bits per heavy atom. The van der Waals surface area contributed by atoms with E-state index in [-0.39, 0.29) is 5.75 Å². The van der Waals surface area contributed by atoms with Gasteiger partial charge in [-0.1, -0.05) is 0 Å². The van der Waals surface area contributed by atoms with Crippen molar-refractivity contribution in [2.75, 3.05) is 14.2 Å². The van der Waals surface area contributed by atoms with Gasteiger partial charge in [0, 0.05) is 10.8 Å². The third kappa shape index (κ3) is 1.74. The number of nitrogens with one attached hydrogen (secondary N) is 1. The number of methoxy groups -OCH3 is 2. The Kier molecular flexibility index (Phi) is 2.97. The third-order valence-corrected chi connectivity index (χ3v) is 3.73. The van der Waals surface area contributed by atoms with E-state index in [1.807, 2.05) is 12.1 Å². The highest BCUT2D eigenvalue weighted by molar-refractivity contribution is 6.14. The molecular weight excluding hydrogens is 270 g/mol. The maximum absolute atomic E-state index is 11.4. The van der Waals surface area contributed by atoms with Crippen LogP contribution in [0.4, 0.5) is 0 Å². The van der Waals surface area contributed by atoms with Gasteiger partial charge in [0.2, 0.25) is 0 Å². The van der Waals surface area contributed by atoms with Crippen molar-refractivity contribution in [3.05, 3.63) is 29.3 Å². The minimum atomic E-state index is 0.0937. The number of benzene rings is 2. The third-order valence-electron chi connectivity index (χ3n) is 3.73. The van der Waals surface area contributed by atoms with E-state index in [9.17, 15) is 9.90 Å². The molecule has 0 saturated heterocycles. The predicted octanol–water partition coefficient (Wildman–Crippen LogP) is 3.16. The van der Waals surface area contributed by atoms with Gasteiger partial charge in [0.1, 0.15) is 5.75 Å². The molecule has 3 rings (SSSR count). The molecule has 1 aromatic heterocycles. The number of H-pyrrole nitrogens is 1. The molecule has 0 aliphatic rings. The first-order valence-electron chi connectivity index (χ1n) is 6.46. The molecule has 1 heterocycles. The zero-order valence-electron chi connectivity index (χ0n) is 12.0. The second kappa shape index (κ2) is 4.70. The standard InChI is InChI=1S/C16H15NO4/c1-8-6-10-9-4-5-12(20-2)11(7-18)13(9)17-14(10)16(21-3)15(8)19/h4-7,17,19H,1-3H3. The summed E-state index contributed by atoms with van der Waals surface area (Å²) in [4.78, 5) is 14.5. The van der Waals surface area contributed by atoms with E-state index in [1.54, 1.807) is 13.0 Å². The average molecular weight is 285 g/mol. The fraction of sp³-hybridized carbons (Fsp3) is 0.188. The Hall–Kier alpha value is -2.69. The lowest BCUT2D eigenvalue weighted by Crippen LogP contribution is -1.91. The van der Waals surface area contributed by atoms with Gasteiger partial charge in [0.05, 0.1) is 30.8 Å². The number of hydrogen-bond acceptors (Lipinski definition) is 4. The van der Waals surface area contributed by atoms with Crippen molar-refractivity contribution in [2.45, 2.75) is 6.92 Å². The van der Waals surface area contributed by atoms with E-state index in [0.29, 0.717) is 33.7 Å². The number of fused-ring (bicyclic) bond motifs is 3. The summed E-state index contributed by atoms with van der Waals surface area (Å²) < 4.78 is 10.5. The molecule has 0 fully saturated rings. The number of carbonyl (C=O) groups is 1. The van der Waals surface area contributed by atoms with Crippen LogP contribution in [-0.4, -0.2) is 30.6 Å². The normalized spacial score (nSPS) is 11.0. The Morgan fingerprint density at radius 2 is 1.90 bits per heavy atom. The van der Waals surface area contributed by atoms with Gasteiger partial charge in [0.15, 0.2) is 17.8 Å². The van der Waals surface area contributed by atoms with Gasteiger partial charge in [-0.15, -0.1) is 0 Å². The van der Waals surface area contributed by atoms with Crippen molar-refractivity contribution in [1.29, 1.82) is 0 Å². The lowest BCUT2D eigenvalue weighted by Gasteiger charge is -2.07. The fourth-order valence-corrected chi connectivity index (χ4v) is 2.69. The van der Waals surface area contributed by atoms with Crippen LogP contribution in [0.2, 0.25) is 0 Å². The highest BCUT2D eigenvalue weighted by Gasteiger charge is 2.18. The summed E-state index contributed by atoms with van der Waals surface area (Å²) in [5.74, 6) is 0.970. The van der Waals surface area contributed by atoms with Crippen LogP contribution in [0, 0.1) is 6.92 Å². The van der Waals surface area contributed by atoms with Crippen LogP contribution >= 0.6 is 0 Å². The molecule has 5 heteroatoms. The summed E-state index contributed by atoms with van der Waals surface area (Å²) in [6.45, 7) is 1.81. The van der Waals surface area contributed by atoms with Crippen LogP contribution < -0.4 is 9.47 Å². The number of aromatic hydroxyl groups is 1. The first kappa shape index (κ1) is 13.3. The summed E-state index contributed by atoms with van der Waals surface area (Å²) in [5, 5.41) is 11.9. The number of hydrogen-bond donors (Lipinski definition) is 2. The van der Waals surface area contributed by atoms with Gasteiger partial charge in [-0.2, -0.15) is 0 Å². The molecule has 3 aromatic rings. The minimum absolute atomic E-state index is 0.0937. The number of phenolic OH excluding ortho intramolecular Hbond substituents is 1. The molecular formula is C16H15NO4. The lowest BCUT2D eigenvalue weighted by molar-refractivity contribution is 0.112. The molecule has 21 heavy (non-hydrogen) atoms. The van der Waals surface area contributed by atoms with Crippen molar-refractivity contribution >= 4 is 28.1 Å². The Morgan fingerprint density at radius 1 is 1.14 bits per heavy atom. The van der Waals surface area contributed by atoms with E-state index in [1.165, 1.54) is 14.2 Å². The number of phenols is 1. The van der Waals surface area contributed by atoms with Crippen molar-refractivity contribution in [2.24, 2.45) is 0 Å². The zero-order chi connectivity index (χ0) is 15.1. The van der Waals surface area contributed by atoms with Gasteiger partial charge in [-0.3, -0.25) is 4.79 Å². The van der Waals surface area contributed by atoms with Crippen molar-refractivity contribution in [3.8, 4) is 17.2 Å². The zero-order valence-corrected chi connectivity index (χ0v) is 12.0. The van der Waals surface area contributed by atoms with Crippen molar-refractivity contribution < 1.29 is 19.4 Å². The number of aryl methyl sites for hydroxylation is 1. The summed E-state index contributed by atoms with van der Waals surface area (Å²) in [7, 11) is 3.02. The van der Waals surface area contributed by atoms with E-state index in [4.69, 9.17) is 9.47 Å². The molecule has 0 unspecified atom stereocenters. The lowest BCUT2D eigenvalue weighted by atomic mass is 10.1. The number of carbonyl (C=O) groups excluding carboxylic acids is 1. The van der Waals surface area contributed by atoms with E-state index in [0.717, 1.165) is 17.1 Å². The number of aromatic amines is 1. The molecule has 5 nitrogen and oxygen atoms in total. The van der Waals surface area contributed by atoms with Crippen LogP contribution in [0.15, 0.2) is 18.2 Å². The average Bonchev–Trinajstić information content (AvgIpc) is 2.85. The van der Waals surface area contributed by atoms with Crippen LogP contribution in [0.5, 0.6) is 17.2 Å².